The van der Waals surface area contributed by atoms with E-state index >= 15 is 0 Å². The minimum absolute atomic E-state index is 0. The maximum absolute atomic E-state index is 8.08. The first kappa shape index (κ1) is 44.7. The third-order valence-corrected chi connectivity index (χ3v) is 11.2. The van der Waals surface area contributed by atoms with Gasteiger partial charge in [-0.15, -0.1) is 0 Å². The first-order chi connectivity index (χ1) is 22.0. The number of nitrogens with zero attached hydrogens (tertiary/aromatic N) is 2. The minimum Gasteiger partial charge on any atom is -0.411 e. The van der Waals surface area contributed by atoms with Gasteiger partial charge in [0.2, 0.25) is 0 Å². The smallest absolute Gasteiger partial charge is 0.411 e. The molecule has 254 valence electrons. The predicted molar refractivity (Wildman–Crippen MR) is 201 cm³/mol. The van der Waals surface area contributed by atoms with Gasteiger partial charge in [-0.2, -0.15) is 0 Å². The van der Waals surface area contributed by atoms with E-state index in [2.05, 4.69) is 79.5 Å². The molecular formula is C42H62N2O2Th+2. The fourth-order valence-electron chi connectivity index (χ4n) is 6.55. The summed E-state index contributed by atoms with van der Waals surface area (Å²) < 4.78 is 0. The summed E-state index contributed by atoms with van der Waals surface area (Å²) in [7, 11) is 0. The third-order valence-electron chi connectivity index (χ3n) is 11.2. The van der Waals surface area contributed by atoms with Crippen LogP contribution in [-0.4, -0.2) is 22.8 Å². The Kier molecular flexibility index (Phi) is 24.4. The van der Waals surface area contributed by atoms with Crippen LogP contribution < -0.4 is 0 Å². The molecule has 0 radical (unpaired) electrons. The molecule has 2 aromatic carbocycles. The molecule has 5 heteroatoms. The van der Waals surface area contributed by atoms with Gasteiger partial charge in [-0.1, -0.05) is 177 Å². The van der Waals surface area contributed by atoms with E-state index in [4.69, 9.17) is 10.4 Å². The van der Waals surface area contributed by atoms with E-state index < -0.39 is 0 Å². The fourth-order valence-corrected chi connectivity index (χ4v) is 6.55. The Hall–Kier alpha value is -2.34. The normalized spacial score (nSPS) is 30.3. The zero-order valence-corrected chi connectivity index (χ0v) is 34.7. The Morgan fingerprint density at radius 1 is 0.383 bits per heavy atom. The molecule has 0 aliphatic heterocycles. The van der Waals surface area contributed by atoms with Gasteiger partial charge in [0.05, 0.1) is 12.4 Å². The Balaban J connectivity index is 0.000000600. The van der Waals surface area contributed by atoms with Gasteiger partial charge in [-0.05, 0) is 82.5 Å². The van der Waals surface area contributed by atoms with Crippen molar-refractivity contribution in [3.8, 4) is 0 Å². The second kappa shape index (κ2) is 25.7. The molecule has 47 heavy (non-hydrogen) atoms. The number of rotatable bonds is 6. The van der Waals surface area contributed by atoms with E-state index in [0.29, 0.717) is 0 Å². The van der Waals surface area contributed by atoms with Gasteiger partial charge in [-0.25, -0.2) is 0 Å². The monoisotopic (exact) mass is 859 g/mol. The molecule has 2 aliphatic rings. The molecule has 2 fully saturated rings. The van der Waals surface area contributed by atoms with E-state index in [1.807, 2.05) is 85.0 Å². The molecule has 0 unspecified atom stereocenters. The Morgan fingerprint density at radius 3 is 0.830 bits per heavy atom. The molecule has 2 N–H and O–H groups in total. The van der Waals surface area contributed by atoms with E-state index in [1.54, 1.807) is 24.3 Å². The van der Waals surface area contributed by atoms with Crippen LogP contribution in [0.4, 0.5) is 0 Å². The third kappa shape index (κ3) is 16.6. The standard InChI is InChI=1S/2C11H11NO.2C10H20.Th/c2*13-12-10-6-2-5-9-11-7-3-1-4-8-11;2*1-6-7(2)9(4)10(5)8(6)3;/h2*1-10,13H;2*6-10H,1-5H3;/q;;;;+2/b2*6-2-,9-5+,12-10+;;;. The van der Waals surface area contributed by atoms with E-state index in [-0.39, 0.29) is 39.9 Å². The number of allylic oxidation sites excluding steroid dienone is 6. The molecule has 4 nitrogen and oxygen atoms in total. The van der Waals surface area contributed by atoms with Crippen molar-refractivity contribution >= 4 is 24.6 Å². The molecule has 0 saturated heterocycles. The van der Waals surface area contributed by atoms with Crippen LogP contribution in [0.5, 0.6) is 0 Å². The van der Waals surface area contributed by atoms with Crippen molar-refractivity contribution in [1.29, 1.82) is 0 Å². The summed E-state index contributed by atoms with van der Waals surface area (Å²) >= 11 is 0. The zero-order valence-electron chi connectivity index (χ0n) is 30.6. The summed E-state index contributed by atoms with van der Waals surface area (Å²) in [5.74, 6) is 9.35. The van der Waals surface area contributed by atoms with Gasteiger partial charge in [0, 0.05) is 0 Å². The largest absolute Gasteiger partial charge is 2.00 e. The van der Waals surface area contributed by atoms with Crippen LogP contribution in [-0.2, 0) is 0 Å². The van der Waals surface area contributed by atoms with Crippen molar-refractivity contribution in [2.75, 3.05) is 0 Å². The maximum Gasteiger partial charge on any atom is 2.00 e. The van der Waals surface area contributed by atoms with Crippen molar-refractivity contribution < 1.29 is 50.4 Å². The van der Waals surface area contributed by atoms with Crippen molar-refractivity contribution in [1.82, 2.24) is 0 Å². The summed E-state index contributed by atoms with van der Waals surface area (Å²) in [6.07, 6.45) is 17.3. The van der Waals surface area contributed by atoms with Crippen LogP contribution >= 0.6 is 0 Å². The average molecular weight is 859 g/mol. The molecular weight excluding hydrogens is 797 g/mol. The summed E-state index contributed by atoms with van der Waals surface area (Å²) in [5.41, 5.74) is 2.29. The van der Waals surface area contributed by atoms with Crippen LogP contribution in [0.2, 0.25) is 0 Å². The van der Waals surface area contributed by atoms with Gasteiger partial charge >= 0.3 is 39.9 Å². The molecule has 4 rings (SSSR count). The molecule has 0 spiro atoms. The summed E-state index contributed by atoms with van der Waals surface area (Å²) in [6.45, 7) is 24.0. The first-order valence-electron chi connectivity index (χ1n) is 17.1. The van der Waals surface area contributed by atoms with Gasteiger partial charge in [0.25, 0.3) is 0 Å². The zero-order chi connectivity index (χ0) is 34.5. The van der Waals surface area contributed by atoms with Crippen LogP contribution in [0.3, 0.4) is 0 Å². The second-order valence-corrected chi connectivity index (χ2v) is 13.4. The second-order valence-electron chi connectivity index (χ2n) is 13.4. The number of hydrogen-bond donors (Lipinski definition) is 2. The molecule has 0 atom stereocenters. The van der Waals surface area contributed by atoms with Crippen molar-refractivity contribution in [2.24, 2.45) is 69.5 Å². The summed E-state index contributed by atoms with van der Waals surface area (Å²) in [5, 5.41) is 21.8. The van der Waals surface area contributed by atoms with E-state index in [0.717, 1.165) is 70.3 Å². The topological polar surface area (TPSA) is 65.2 Å². The fraction of sp³-hybridized carbons (Fsp3) is 0.476. The van der Waals surface area contributed by atoms with Crippen molar-refractivity contribution in [3.63, 3.8) is 0 Å². The van der Waals surface area contributed by atoms with Gasteiger partial charge in [0.15, 0.2) is 0 Å². The van der Waals surface area contributed by atoms with Crippen molar-refractivity contribution in [2.45, 2.75) is 69.2 Å². The molecule has 2 aliphatic carbocycles. The number of oxime groups is 2. The van der Waals surface area contributed by atoms with Gasteiger partial charge in [0.1, 0.15) is 0 Å². The van der Waals surface area contributed by atoms with Crippen molar-refractivity contribution in [3.05, 3.63) is 108 Å². The first-order valence-corrected chi connectivity index (χ1v) is 17.1. The summed E-state index contributed by atoms with van der Waals surface area (Å²) in [4.78, 5) is 0. The molecule has 0 bridgehead atoms. The quantitative estimate of drug-likeness (QED) is 0.132. The van der Waals surface area contributed by atoms with Gasteiger partial charge < -0.3 is 10.4 Å². The molecule has 2 saturated carbocycles. The minimum atomic E-state index is 0. The molecule has 0 aromatic heterocycles. The Bertz CT molecular complexity index is 1050. The molecule has 2 aromatic rings. The van der Waals surface area contributed by atoms with Crippen LogP contribution in [0.25, 0.3) is 12.2 Å². The summed E-state index contributed by atoms with van der Waals surface area (Å²) in [6, 6.07) is 20.0. The van der Waals surface area contributed by atoms with Crippen LogP contribution in [0.15, 0.2) is 107 Å². The van der Waals surface area contributed by atoms with Gasteiger partial charge in [-0.3, -0.25) is 0 Å². The average Bonchev–Trinajstić information content (AvgIpc) is 3.35. The van der Waals surface area contributed by atoms with Crippen LogP contribution in [0, 0.1) is 99.1 Å². The molecule has 0 heterocycles. The molecule has 0 amide bonds. The predicted octanol–water partition coefficient (Wildman–Crippen LogP) is 11.8. The van der Waals surface area contributed by atoms with E-state index in [9.17, 15) is 0 Å². The number of benzene rings is 2. The Morgan fingerprint density at radius 2 is 0.617 bits per heavy atom. The van der Waals surface area contributed by atoms with Crippen LogP contribution in [0.1, 0.15) is 80.4 Å². The van der Waals surface area contributed by atoms with E-state index in [1.165, 1.54) is 12.4 Å². The number of hydrogen-bond acceptors (Lipinski definition) is 4. The SMILES string of the molecule is CC1C(C)C(C)C(C)C1C.CC1C(C)C(C)C(C)C1C.O/N=C/C=C\C=C\c1ccccc1.O/N=C/C=C\C=C\c1ccccc1.[Th+2]. The Labute approximate surface area is 319 Å². The maximum atomic E-state index is 8.08.